The molecular weight excluding hydrogens is 455 g/mol. The molecule has 34 heavy (non-hydrogen) atoms. The van der Waals surface area contributed by atoms with Crippen molar-refractivity contribution in [2.45, 2.75) is 37.8 Å². The Balaban J connectivity index is 1.49. The molecule has 1 aliphatic carbocycles. The van der Waals surface area contributed by atoms with E-state index >= 15 is 0 Å². The van der Waals surface area contributed by atoms with Gasteiger partial charge in [0.2, 0.25) is 0 Å². The molecule has 0 radical (unpaired) electrons. The maximum absolute atomic E-state index is 13.7. The maximum atomic E-state index is 13.7. The Morgan fingerprint density at radius 2 is 1.91 bits per heavy atom. The van der Waals surface area contributed by atoms with Crippen LogP contribution in [0.3, 0.4) is 0 Å². The fourth-order valence-electron chi connectivity index (χ4n) is 5.05. The number of benzene rings is 1. The summed E-state index contributed by atoms with van der Waals surface area (Å²) in [6.07, 6.45) is 1.08. The summed E-state index contributed by atoms with van der Waals surface area (Å²) in [5.74, 6) is 0.363. The summed E-state index contributed by atoms with van der Waals surface area (Å²) in [6, 6.07) is 6.03. The molecule has 1 atom stereocenters. The molecule has 2 aliphatic heterocycles. The Kier molecular flexibility index (Phi) is 6.35. The highest BCUT2D eigenvalue weighted by Gasteiger charge is 2.42. The molecule has 1 unspecified atom stereocenters. The molecule has 1 fully saturated rings. The van der Waals surface area contributed by atoms with E-state index in [0.717, 1.165) is 44.3 Å². The van der Waals surface area contributed by atoms with Gasteiger partial charge in [-0.25, -0.2) is 9.37 Å². The van der Waals surface area contributed by atoms with E-state index < -0.39 is 5.92 Å². The van der Waals surface area contributed by atoms with Crippen LogP contribution in [-0.2, 0) is 9.53 Å². The van der Waals surface area contributed by atoms with Crippen molar-refractivity contribution < 1.29 is 13.9 Å². The van der Waals surface area contributed by atoms with Crippen LogP contribution >= 0.6 is 11.8 Å². The first-order valence-corrected chi connectivity index (χ1v) is 12.7. The number of ketones is 1. The number of nitrogens with zero attached hydrogens (tertiary/aromatic N) is 2. The fraction of sp³-hybridized carbons (Fsp3) is 0.480. The Labute approximate surface area is 202 Å². The molecule has 3 heterocycles. The molecule has 3 aliphatic rings. The lowest BCUT2D eigenvalue weighted by molar-refractivity contribution is -0.118. The number of carbonyl (C=O) groups excluding carboxylic acids is 1. The van der Waals surface area contributed by atoms with Crippen LogP contribution in [0.15, 0.2) is 45.5 Å². The van der Waals surface area contributed by atoms with Gasteiger partial charge < -0.3 is 15.0 Å². The van der Waals surface area contributed by atoms with E-state index in [0.29, 0.717) is 40.5 Å². The van der Waals surface area contributed by atoms with E-state index in [1.54, 1.807) is 12.1 Å². The largest absolute Gasteiger partial charge is 0.379 e. The average molecular weight is 485 g/mol. The third-order valence-corrected chi connectivity index (χ3v) is 7.51. The van der Waals surface area contributed by atoms with E-state index in [9.17, 15) is 14.0 Å². The number of Topliss-reactive ketones (excluding diaryl/α,β-unsaturated/α-hetero) is 1. The van der Waals surface area contributed by atoms with Gasteiger partial charge in [0, 0.05) is 49.0 Å². The van der Waals surface area contributed by atoms with E-state index in [1.807, 2.05) is 0 Å². The average Bonchev–Trinajstić information content (AvgIpc) is 2.78. The van der Waals surface area contributed by atoms with Crippen molar-refractivity contribution in [2.24, 2.45) is 5.41 Å². The van der Waals surface area contributed by atoms with Crippen molar-refractivity contribution in [1.29, 1.82) is 0 Å². The molecule has 0 bridgehead atoms. The summed E-state index contributed by atoms with van der Waals surface area (Å²) < 4.78 is 19.1. The van der Waals surface area contributed by atoms with Crippen LogP contribution in [0.5, 0.6) is 0 Å². The van der Waals surface area contributed by atoms with Gasteiger partial charge in [-0.2, -0.15) is 0 Å². The highest BCUT2D eigenvalue weighted by atomic mass is 32.2. The predicted octanol–water partition coefficient (Wildman–Crippen LogP) is 3.53. The number of allylic oxidation sites excluding steroid dienone is 2. The number of hydrogen-bond donors (Lipinski definition) is 2. The summed E-state index contributed by atoms with van der Waals surface area (Å²) in [5.41, 5.74) is 2.07. The van der Waals surface area contributed by atoms with Crippen LogP contribution < -0.4 is 10.9 Å². The lowest BCUT2D eigenvalue weighted by atomic mass is 9.69. The van der Waals surface area contributed by atoms with Crippen molar-refractivity contribution in [3.8, 4) is 0 Å². The topological polar surface area (TPSA) is 87.3 Å². The minimum atomic E-state index is -0.570. The summed E-state index contributed by atoms with van der Waals surface area (Å²) in [6.45, 7) is 8.35. The first-order valence-electron chi connectivity index (χ1n) is 11.7. The van der Waals surface area contributed by atoms with Crippen LogP contribution in [0.25, 0.3) is 0 Å². The summed E-state index contributed by atoms with van der Waals surface area (Å²) in [5, 5.41) is 3.88. The SMILES string of the molecule is CC1(C)CC(=O)C2=C(C1)Nc1nc(SCCN3CCOCC3)[nH]c(=O)c1C2c1ccc(F)cc1. The molecular formula is C25H29FN4O3S. The molecule has 0 amide bonds. The van der Waals surface area contributed by atoms with Crippen molar-refractivity contribution in [3.63, 3.8) is 0 Å². The number of carbonyl (C=O) groups is 1. The number of anilines is 1. The maximum Gasteiger partial charge on any atom is 0.257 e. The second-order valence-electron chi connectivity index (χ2n) is 9.88. The monoisotopic (exact) mass is 484 g/mol. The van der Waals surface area contributed by atoms with Crippen molar-refractivity contribution in [1.82, 2.24) is 14.9 Å². The number of hydrogen-bond acceptors (Lipinski definition) is 7. The third-order valence-electron chi connectivity index (χ3n) is 6.65. The Morgan fingerprint density at radius 1 is 1.18 bits per heavy atom. The van der Waals surface area contributed by atoms with Gasteiger partial charge in [-0.15, -0.1) is 0 Å². The lowest BCUT2D eigenvalue weighted by Gasteiger charge is -2.38. The highest BCUT2D eigenvalue weighted by molar-refractivity contribution is 7.99. The lowest BCUT2D eigenvalue weighted by Crippen LogP contribution is -2.37. The molecule has 0 saturated carbocycles. The van der Waals surface area contributed by atoms with Gasteiger partial charge in [-0.3, -0.25) is 14.5 Å². The number of aromatic amines is 1. The number of rotatable bonds is 5. The molecule has 0 spiro atoms. The van der Waals surface area contributed by atoms with Crippen LogP contribution in [0.1, 0.15) is 43.7 Å². The number of H-pyrrole nitrogens is 1. The molecule has 1 saturated heterocycles. The smallest absolute Gasteiger partial charge is 0.257 e. The van der Waals surface area contributed by atoms with Crippen molar-refractivity contribution in [3.05, 3.63) is 62.8 Å². The number of thioether (sulfide) groups is 1. The fourth-order valence-corrected chi connectivity index (χ4v) is 5.91. The Morgan fingerprint density at radius 3 is 2.65 bits per heavy atom. The van der Waals surface area contributed by atoms with E-state index in [2.05, 4.69) is 29.0 Å². The third kappa shape index (κ3) is 4.69. The molecule has 2 N–H and O–H groups in total. The van der Waals surface area contributed by atoms with Gasteiger partial charge in [0.1, 0.15) is 11.6 Å². The summed E-state index contributed by atoms with van der Waals surface area (Å²) in [7, 11) is 0. The van der Waals surface area contributed by atoms with Crippen LogP contribution in [0.4, 0.5) is 10.2 Å². The van der Waals surface area contributed by atoms with Gasteiger partial charge in [0.05, 0.1) is 18.8 Å². The highest BCUT2D eigenvalue weighted by Crippen LogP contribution is 2.47. The molecule has 1 aromatic heterocycles. The van der Waals surface area contributed by atoms with E-state index in [4.69, 9.17) is 9.72 Å². The van der Waals surface area contributed by atoms with Gasteiger partial charge in [0.25, 0.3) is 5.56 Å². The number of nitrogens with one attached hydrogen (secondary N) is 2. The quantitative estimate of drug-likeness (QED) is 0.496. The van der Waals surface area contributed by atoms with Gasteiger partial charge >= 0.3 is 0 Å². The number of aromatic nitrogens is 2. The molecule has 180 valence electrons. The number of halogens is 1. The minimum absolute atomic E-state index is 0.0158. The number of morpholine rings is 1. The second kappa shape index (κ2) is 9.28. The summed E-state index contributed by atoms with van der Waals surface area (Å²) >= 11 is 1.51. The minimum Gasteiger partial charge on any atom is -0.379 e. The second-order valence-corrected chi connectivity index (χ2v) is 11.0. The van der Waals surface area contributed by atoms with Crippen LogP contribution in [0.2, 0.25) is 0 Å². The summed E-state index contributed by atoms with van der Waals surface area (Å²) in [4.78, 5) is 36.6. The van der Waals surface area contributed by atoms with Crippen LogP contribution in [0, 0.1) is 11.2 Å². The van der Waals surface area contributed by atoms with Crippen LogP contribution in [-0.4, -0.2) is 59.3 Å². The van der Waals surface area contributed by atoms with E-state index in [1.165, 1.54) is 23.9 Å². The van der Waals surface area contributed by atoms with Gasteiger partial charge in [-0.1, -0.05) is 37.7 Å². The molecule has 5 rings (SSSR count). The standard InChI is InChI=1S/C25H29FN4O3S/c1-25(2)13-17-20(18(31)14-25)19(15-3-5-16(26)6-4-15)21-22(27-17)28-24(29-23(21)32)34-12-9-30-7-10-33-11-8-30/h3-6,19H,7-14H2,1-2H3,(H2,27,28,29,32). The number of fused-ring (bicyclic) bond motifs is 1. The molecule has 2 aromatic rings. The van der Waals surface area contributed by atoms with Crippen molar-refractivity contribution >= 4 is 23.4 Å². The van der Waals surface area contributed by atoms with E-state index in [-0.39, 0.29) is 22.6 Å². The van der Waals surface area contributed by atoms with Gasteiger partial charge in [-0.05, 0) is 29.5 Å². The zero-order valence-corrected chi connectivity index (χ0v) is 20.3. The normalized spacial score (nSPS) is 22.2. The molecule has 9 heteroatoms. The zero-order valence-electron chi connectivity index (χ0n) is 19.4. The number of ether oxygens (including phenoxy) is 1. The Bertz CT molecular complexity index is 1190. The predicted molar refractivity (Wildman–Crippen MR) is 130 cm³/mol. The first-order chi connectivity index (χ1) is 16.3. The van der Waals surface area contributed by atoms with Crippen molar-refractivity contribution in [2.75, 3.05) is 43.9 Å². The molecule has 1 aromatic carbocycles. The Hall–Kier alpha value is -2.49. The zero-order chi connectivity index (χ0) is 23.9. The first kappa shape index (κ1) is 23.3. The molecule has 7 nitrogen and oxygen atoms in total. The van der Waals surface area contributed by atoms with Gasteiger partial charge in [0.15, 0.2) is 10.9 Å².